The van der Waals surface area contributed by atoms with Gasteiger partial charge in [-0.1, -0.05) is 17.8 Å². The molecule has 1 amide bonds. The number of hydrogen-bond donors (Lipinski definition) is 2. The van der Waals surface area contributed by atoms with Gasteiger partial charge in [0.25, 0.3) is 5.69 Å². The number of non-ortho nitro benzene ring substituents is 1. The number of anilines is 1. The topological polar surface area (TPSA) is 110 Å². The zero-order chi connectivity index (χ0) is 19.6. The number of nitrogens with zero attached hydrogens (tertiary/aromatic N) is 2. The van der Waals surface area contributed by atoms with E-state index in [0.717, 1.165) is 16.6 Å². The zero-order valence-electron chi connectivity index (χ0n) is 15.0. The molecule has 3 aromatic rings. The summed E-state index contributed by atoms with van der Waals surface area (Å²) in [6.07, 6.45) is 0. The number of rotatable bonds is 6. The smallest absolute Gasteiger partial charge is 0.273 e. The molecule has 1 heterocycles. The molecule has 9 heteroatoms. The molecule has 140 valence electrons. The van der Waals surface area contributed by atoms with Crippen molar-refractivity contribution in [3.63, 3.8) is 0 Å². The lowest BCUT2D eigenvalue weighted by Gasteiger charge is -2.13. The predicted molar refractivity (Wildman–Crippen MR) is 104 cm³/mol. The number of aromatic nitrogens is 2. The van der Waals surface area contributed by atoms with Gasteiger partial charge < -0.3 is 15.0 Å². The Labute approximate surface area is 159 Å². The highest BCUT2D eigenvalue weighted by Gasteiger charge is 2.19. The Hall–Kier alpha value is -3.07. The van der Waals surface area contributed by atoms with E-state index in [4.69, 9.17) is 4.74 Å². The molecule has 0 bridgehead atoms. The van der Waals surface area contributed by atoms with Crippen LogP contribution in [-0.4, -0.2) is 33.2 Å². The van der Waals surface area contributed by atoms with Gasteiger partial charge in [0.1, 0.15) is 5.75 Å². The first-order valence-corrected chi connectivity index (χ1v) is 9.01. The molecule has 0 spiro atoms. The van der Waals surface area contributed by atoms with Crippen LogP contribution >= 0.6 is 11.8 Å². The first-order chi connectivity index (χ1) is 12.9. The second kappa shape index (κ2) is 7.67. The minimum atomic E-state index is -0.518. The average molecular weight is 386 g/mol. The van der Waals surface area contributed by atoms with Crippen molar-refractivity contribution in [1.29, 1.82) is 0 Å². The maximum atomic E-state index is 12.5. The zero-order valence-corrected chi connectivity index (χ0v) is 15.8. The molecule has 2 N–H and O–H groups in total. The average Bonchev–Trinajstić information content (AvgIpc) is 3.02. The summed E-state index contributed by atoms with van der Waals surface area (Å²) < 4.78 is 5.14. The summed E-state index contributed by atoms with van der Waals surface area (Å²) in [4.78, 5) is 30.5. The van der Waals surface area contributed by atoms with Gasteiger partial charge in [0.05, 0.1) is 40.1 Å². The highest BCUT2D eigenvalue weighted by molar-refractivity contribution is 8.00. The van der Waals surface area contributed by atoms with Gasteiger partial charge in [-0.25, -0.2) is 4.98 Å². The maximum absolute atomic E-state index is 12.5. The number of imidazole rings is 1. The SMILES string of the molecule is COc1cc([N+](=O)[O-])ccc1NC(=O)[C@H](C)Sc1nc2ccc(C)cc2[nH]1. The molecule has 0 unspecified atom stereocenters. The molecule has 27 heavy (non-hydrogen) atoms. The Kier molecular flexibility index (Phi) is 5.31. The Morgan fingerprint density at radius 3 is 2.81 bits per heavy atom. The lowest BCUT2D eigenvalue weighted by molar-refractivity contribution is -0.384. The summed E-state index contributed by atoms with van der Waals surface area (Å²) in [5.74, 6) is -0.0299. The van der Waals surface area contributed by atoms with Crippen LogP contribution in [0.3, 0.4) is 0 Å². The number of carbonyl (C=O) groups excluding carboxylic acids is 1. The summed E-state index contributed by atoms with van der Waals surface area (Å²) in [7, 11) is 1.39. The number of H-pyrrole nitrogens is 1. The lowest BCUT2D eigenvalue weighted by Crippen LogP contribution is -2.22. The van der Waals surface area contributed by atoms with E-state index in [9.17, 15) is 14.9 Å². The van der Waals surface area contributed by atoms with Gasteiger partial charge in [0, 0.05) is 6.07 Å². The number of amides is 1. The van der Waals surface area contributed by atoms with Crippen molar-refractivity contribution in [2.24, 2.45) is 0 Å². The molecule has 8 nitrogen and oxygen atoms in total. The highest BCUT2D eigenvalue weighted by atomic mass is 32.2. The van der Waals surface area contributed by atoms with E-state index in [1.165, 1.54) is 37.1 Å². The van der Waals surface area contributed by atoms with E-state index in [-0.39, 0.29) is 17.3 Å². The number of thioether (sulfide) groups is 1. The minimum Gasteiger partial charge on any atom is -0.494 e. The van der Waals surface area contributed by atoms with Crippen LogP contribution in [0.1, 0.15) is 12.5 Å². The predicted octanol–water partition coefficient (Wildman–Crippen LogP) is 3.91. The van der Waals surface area contributed by atoms with Gasteiger partial charge >= 0.3 is 0 Å². The van der Waals surface area contributed by atoms with Crippen LogP contribution in [0.4, 0.5) is 11.4 Å². The Bertz CT molecular complexity index is 1020. The maximum Gasteiger partial charge on any atom is 0.273 e. The van der Waals surface area contributed by atoms with Crippen LogP contribution in [-0.2, 0) is 4.79 Å². The molecule has 0 radical (unpaired) electrons. The van der Waals surface area contributed by atoms with Crippen LogP contribution in [0.2, 0.25) is 0 Å². The summed E-state index contributed by atoms with van der Waals surface area (Å²) in [5, 5.41) is 13.8. The van der Waals surface area contributed by atoms with Crippen molar-refractivity contribution in [2.75, 3.05) is 12.4 Å². The standard InChI is InChI=1S/C18H18N4O4S/c1-10-4-6-13-15(8-10)21-18(20-13)27-11(2)17(23)19-14-7-5-12(22(24)25)9-16(14)26-3/h4-9,11H,1-3H3,(H,19,23)(H,20,21)/t11-/m0/s1. The molecule has 1 aromatic heterocycles. The quantitative estimate of drug-likeness (QED) is 0.378. The van der Waals surface area contributed by atoms with Crippen molar-refractivity contribution in [1.82, 2.24) is 9.97 Å². The van der Waals surface area contributed by atoms with Crippen LogP contribution in [0.25, 0.3) is 11.0 Å². The van der Waals surface area contributed by atoms with Gasteiger partial charge in [-0.05, 0) is 37.6 Å². The van der Waals surface area contributed by atoms with Crippen LogP contribution in [0.5, 0.6) is 5.75 Å². The van der Waals surface area contributed by atoms with Gasteiger partial charge in [0.15, 0.2) is 5.16 Å². The molecule has 0 saturated heterocycles. The second-order valence-electron chi connectivity index (χ2n) is 5.95. The fourth-order valence-electron chi connectivity index (χ4n) is 2.51. The Morgan fingerprint density at radius 1 is 1.33 bits per heavy atom. The third-order valence-electron chi connectivity index (χ3n) is 3.93. The van der Waals surface area contributed by atoms with Gasteiger partial charge in [-0.3, -0.25) is 14.9 Å². The third-order valence-corrected chi connectivity index (χ3v) is 4.91. The van der Waals surface area contributed by atoms with Crippen LogP contribution < -0.4 is 10.1 Å². The molecule has 2 aromatic carbocycles. The molecular weight excluding hydrogens is 368 g/mol. The lowest BCUT2D eigenvalue weighted by atomic mass is 10.2. The second-order valence-corrected chi connectivity index (χ2v) is 7.28. The van der Waals surface area contributed by atoms with E-state index in [2.05, 4.69) is 15.3 Å². The number of hydrogen-bond acceptors (Lipinski definition) is 6. The van der Waals surface area contributed by atoms with E-state index in [0.29, 0.717) is 10.8 Å². The number of aryl methyl sites for hydroxylation is 1. The molecule has 3 rings (SSSR count). The molecule has 0 saturated carbocycles. The normalized spacial score (nSPS) is 12.0. The number of nitro benzene ring substituents is 1. The number of methoxy groups -OCH3 is 1. The van der Waals surface area contributed by atoms with E-state index >= 15 is 0 Å². The molecule has 0 aliphatic heterocycles. The van der Waals surface area contributed by atoms with Crippen LogP contribution in [0, 0.1) is 17.0 Å². The minimum absolute atomic E-state index is 0.107. The summed E-state index contributed by atoms with van der Waals surface area (Å²) in [6.45, 7) is 3.76. The summed E-state index contributed by atoms with van der Waals surface area (Å²) in [5.41, 5.74) is 3.15. The number of nitro groups is 1. The number of aromatic amines is 1. The van der Waals surface area contributed by atoms with Crippen molar-refractivity contribution >= 4 is 40.1 Å². The molecule has 1 atom stereocenters. The number of nitrogens with one attached hydrogen (secondary N) is 2. The molecule has 0 fully saturated rings. The van der Waals surface area contributed by atoms with Crippen molar-refractivity contribution in [3.05, 3.63) is 52.1 Å². The molecule has 0 aliphatic carbocycles. The van der Waals surface area contributed by atoms with E-state index in [1.54, 1.807) is 6.92 Å². The first-order valence-electron chi connectivity index (χ1n) is 8.13. The van der Waals surface area contributed by atoms with E-state index < -0.39 is 10.2 Å². The van der Waals surface area contributed by atoms with Gasteiger partial charge in [-0.15, -0.1) is 0 Å². The molecule has 0 aliphatic rings. The van der Waals surface area contributed by atoms with Crippen molar-refractivity contribution in [2.45, 2.75) is 24.3 Å². The number of carbonyl (C=O) groups is 1. The van der Waals surface area contributed by atoms with Crippen molar-refractivity contribution < 1.29 is 14.5 Å². The fraction of sp³-hybridized carbons (Fsp3) is 0.222. The Morgan fingerprint density at radius 2 is 2.11 bits per heavy atom. The van der Waals surface area contributed by atoms with Gasteiger partial charge in [0.2, 0.25) is 5.91 Å². The largest absolute Gasteiger partial charge is 0.494 e. The fourth-order valence-corrected chi connectivity index (χ4v) is 3.33. The van der Waals surface area contributed by atoms with Gasteiger partial charge in [-0.2, -0.15) is 0 Å². The van der Waals surface area contributed by atoms with E-state index in [1.807, 2.05) is 25.1 Å². The summed E-state index contributed by atoms with van der Waals surface area (Å²) >= 11 is 1.30. The third kappa shape index (κ3) is 4.20. The number of ether oxygens (including phenoxy) is 1. The Balaban J connectivity index is 1.72. The number of fused-ring (bicyclic) bond motifs is 1. The first kappa shape index (κ1) is 18.7. The monoisotopic (exact) mass is 386 g/mol. The highest BCUT2D eigenvalue weighted by Crippen LogP contribution is 2.30. The van der Waals surface area contributed by atoms with Crippen LogP contribution in [0.15, 0.2) is 41.6 Å². The van der Waals surface area contributed by atoms with Crippen molar-refractivity contribution in [3.8, 4) is 5.75 Å². The molecular formula is C18H18N4O4S. The summed E-state index contributed by atoms with van der Waals surface area (Å²) in [6, 6.07) is 9.95. The number of benzene rings is 2.